The SMILES string of the molecule is Cn1ccc2cc(-c3c4c(n(Cc5ccc(F)cc5C#N)c3-c3ccncc3)CCNC4=O)ccc21. The van der Waals surface area contributed by atoms with Crippen LogP contribution in [-0.2, 0) is 20.0 Å². The van der Waals surface area contributed by atoms with Gasteiger partial charge >= 0.3 is 0 Å². The summed E-state index contributed by atoms with van der Waals surface area (Å²) < 4.78 is 18.1. The van der Waals surface area contributed by atoms with Crippen LogP contribution in [0.25, 0.3) is 33.3 Å². The molecule has 1 amide bonds. The number of carbonyl (C=O) groups excluding carboxylic acids is 1. The van der Waals surface area contributed by atoms with Gasteiger partial charge in [-0.25, -0.2) is 4.39 Å². The highest BCUT2D eigenvalue weighted by Crippen LogP contribution is 2.42. The van der Waals surface area contributed by atoms with E-state index in [1.165, 1.54) is 12.1 Å². The van der Waals surface area contributed by atoms with Crippen molar-refractivity contribution in [3.8, 4) is 28.5 Å². The van der Waals surface area contributed by atoms with Crippen molar-refractivity contribution in [2.24, 2.45) is 7.05 Å². The van der Waals surface area contributed by atoms with Gasteiger partial charge in [-0.2, -0.15) is 5.26 Å². The second-order valence-corrected chi connectivity index (χ2v) is 8.99. The average Bonchev–Trinajstić information content (AvgIpc) is 3.43. The number of nitrogens with one attached hydrogen (secondary N) is 1. The lowest BCUT2D eigenvalue weighted by Gasteiger charge is -2.18. The highest BCUT2D eigenvalue weighted by Gasteiger charge is 2.31. The normalized spacial score (nSPS) is 12.9. The monoisotopic (exact) mass is 475 g/mol. The van der Waals surface area contributed by atoms with Crippen LogP contribution >= 0.6 is 0 Å². The third kappa shape index (κ3) is 3.46. The molecule has 5 aromatic rings. The number of carbonyl (C=O) groups is 1. The fourth-order valence-electron chi connectivity index (χ4n) is 5.22. The third-order valence-corrected chi connectivity index (χ3v) is 6.89. The topological polar surface area (TPSA) is 75.6 Å². The molecule has 2 aromatic carbocycles. The first-order chi connectivity index (χ1) is 17.5. The fraction of sp³-hybridized carbons (Fsp3) is 0.138. The van der Waals surface area contributed by atoms with E-state index in [-0.39, 0.29) is 11.5 Å². The zero-order valence-electron chi connectivity index (χ0n) is 19.6. The zero-order chi connectivity index (χ0) is 24.8. The first-order valence-electron chi connectivity index (χ1n) is 11.7. The highest BCUT2D eigenvalue weighted by molar-refractivity contribution is 6.07. The summed E-state index contributed by atoms with van der Waals surface area (Å²) >= 11 is 0. The molecular formula is C29H22FN5O. The molecular weight excluding hydrogens is 453 g/mol. The quantitative estimate of drug-likeness (QED) is 0.395. The van der Waals surface area contributed by atoms with Crippen LogP contribution < -0.4 is 5.32 Å². The molecule has 176 valence electrons. The molecule has 0 saturated carbocycles. The van der Waals surface area contributed by atoms with Gasteiger partial charge in [0.2, 0.25) is 0 Å². The van der Waals surface area contributed by atoms with Crippen molar-refractivity contribution >= 4 is 16.8 Å². The highest BCUT2D eigenvalue weighted by atomic mass is 19.1. The molecule has 0 aliphatic carbocycles. The van der Waals surface area contributed by atoms with E-state index >= 15 is 0 Å². The van der Waals surface area contributed by atoms with Gasteiger partial charge in [0.05, 0.1) is 22.9 Å². The van der Waals surface area contributed by atoms with Gasteiger partial charge in [-0.1, -0.05) is 12.1 Å². The molecule has 0 atom stereocenters. The van der Waals surface area contributed by atoms with Gasteiger partial charge < -0.3 is 14.5 Å². The summed E-state index contributed by atoms with van der Waals surface area (Å²) in [6, 6.07) is 18.5. The van der Waals surface area contributed by atoms with Crippen molar-refractivity contribution in [2.45, 2.75) is 13.0 Å². The van der Waals surface area contributed by atoms with Crippen molar-refractivity contribution in [2.75, 3.05) is 6.54 Å². The number of halogens is 1. The van der Waals surface area contributed by atoms with Crippen LogP contribution in [0.4, 0.5) is 4.39 Å². The van der Waals surface area contributed by atoms with Crippen LogP contribution in [0.2, 0.25) is 0 Å². The molecule has 1 aliphatic heterocycles. The van der Waals surface area contributed by atoms with E-state index in [1.807, 2.05) is 31.4 Å². The number of nitriles is 1. The first kappa shape index (κ1) is 21.8. The Morgan fingerprint density at radius 2 is 1.89 bits per heavy atom. The van der Waals surface area contributed by atoms with Crippen LogP contribution in [0.3, 0.4) is 0 Å². The maximum atomic E-state index is 13.9. The summed E-state index contributed by atoms with van der Waals surface area (Å²) in [7, 11) is 2.01. The average molecular weight is 476 g/mol. The van der Waals surface area contributed by atoms with Gasteiger partial charge in [0, 0.05) is 72.9 Å². The molecule has 0 bridgehead atoms. The van der Waals surface area contributed by atoms with Crippen molar-refractivity contribution in [3.05, 3.63) is 101 Å². The van der Waals surface area contributed by atoms with Crippen LogP contribution in [-0.4, -0.2) is 26.6 Å². The smallest absolute Gasteiger partial charge is 0.253 e. The summed E-state index contributed by atoms with van der Waals surface area (Å²) in [6.07, 6.45) is 6.13. The Bertz CT molecular complexity index is 1690. The Balaban J connectivity index is 1.66. The van der Waals surface area contributed by atoms with Gasteiger partial charge in [0.25, 0.3) is 5.91 Å². The Hall–Kier alpha value is -4.70. The largest absolute Gasteiger partial charge is 0.352 e. The van der Waals surface area contributed by atoms with E-state index in [9.17, 15) is 14.4 Å². The van der Waals surface area contributed by atoms with Crippen molar-refractivity contribution < 1.29 is 9.18 Å². The number of amides is 1. The van der Waals surface area contributed by atoms with Crippen molar-refractivity contribution in [1.29, 1.82) is 5.26 Å². The predicted molar refractivity (Wildman–Crippen MR) is 136 cm³/mol. The molecule has 1 aliphatic rings. The molecule has 3 aromatic heterocycles. The lowest BCUT2D eigenvalue weighted by atomic mass is 9.94. The summed E-state index contributed by atoms with van der Waals surface area (Å²) in [5, 5.41) is 13.8. The lowest BCUT2D eigenvalue weighted by Crippen LogP contribution is -2.32. The Morgan fingerprint density at radius 3 is 2.69 bits per heavy atom. The molecule has 0 saturated heterocycles. The number of hydrogen-bond acceptors (Lipinski definition) is 3. The van der Waals surface area contributed by atoms with E-state index in [0.717, 1.165) is 39.0 Å². The fourth-order valence-corrected chi connectivity index (χ4v) is 5.22. The van der Waals surface area contributed by atoms with Gasteiger partial charge in [-0.3, -0.25) is 9.78 Å². The van der Waals surface area contributed by atoms with Crippen molar-refractivity contribution in [3.63, 3.8) is 0 Å². The van der Waals surface area contributed by atoms with E-state index < -0.39 is 5.82 Å². The third-order valence-electron chi connectivity index (χ3n) is 6.89. The van der Waals surface area contributed by atoms with E-state index in [0.29, 0.717) is 30.6 Å². The van der Waals surface area contributed by atoms with Crippen LogP contribution in [0.5, 0.6) is 0 Å². The summed E-state index contributed by atoms with van der Waals surface area (Å²) in [6.45, 7) is 0.862. The first-order valence-corrected chi connectivity index (χ1v) is 11.7. The Labute approximate surface area is 207 Å². The number of benzene rings is 2. The number of nitrogens with zero attached hydrogens (tertiary/aromatic N) is 4. The van der Waals surface area contributed by atoms with Crippen LogP contribution in [0.15, 0.2) is 73.2 Å². The minimum atomic E-state index is -0.449. The molecule has 0 radical (unpaired) electrons. The van der Waals surface area contributed by atoms with Crippen LogP contribution in [0, 0.1) is 17.1 Å². The lowest BCUT2D eigenvalue weighted by molar-refractivity contribution is 0.0946. The molecule has 1 N–H and O–H groups in total. The summed E-state index contributed by atoms with van der Waals surface area (Å²) in [4.78, 5) is 17.5. The number of aryl methyl sites for hydroxylation is 1. The predicted octanol–water partition coefficient (Wildman–Crippen LogP) is 5.05. The summed E-state index contributed by atoms with van der Waals surface area (Å²) in [5.41, 5.74) is 7.21. The molecule has 0 unspecified atom stereocenters. The number of aromatic nitrogens is 3. The zero-order valence-corrected chi connectivity index (χ0v) is 19.6. The van der Waals surface area contributed by atoms with Gasteiger partial charge in [-0.05, 0) is 53.6 Å². The molecule has 0 spiro atoms. The van der Waals surface area contributed by atoms with Gasteiger partial charge in [-0.15, -0.1) is 0 Å². The maximum Gasteiger partial charge on any atom is 0.253 e. The minimum Gasteiger partial charge on any atom is -0.352 e. The molecule has 6 rings (SSSR count). The molecule has 7 heteroatoms. The second-order valence-electron chi connectivity index (χ2n) is 8.99. The Kier molecular flexibility index (Phi) is 5.15. The van der Waals surface area contributed by atoms with E-state index in [2.05, 4.69) is 43.7 Å². The maximum absolute atomic E-state index is 13.9. The van der Waals surface area contributed by atoms with E-state index in [4.69, 9.17) is 0 Å². The molecule has 0 fully saturated rings. The minimum absolute atomic E-state index is 0.118. The number of pyridine rings is 1. The van der Waals surface area contributed by atoms with Crippen molar-refractivity contribution in [1.82, 2.24) is 19.4 Å². The standard InChI is InChI=1S/C29H22FN5O/c1-34-13-9-19-14-20(3-5-24(19)34)26-27-25(8-12-33-29(27)36)35(28(26)18-6-10-32-11-7-18)17-21-2-4-23(30)15-22(21)16-31/h2-7,9-11,13-15H,8,12,17H2,1H3,(H,33,36). The van der Waals surface area contributed by atoms with E-state index in [1.54, 1.807) is 18.5 Å². The molecule has 36 heavy (non-hydrogen) atoms. The van der Waals surface area contributed by atoms with Crippen LogP contribution in [0.1, 0.15) is 27.2 Å². The summed E-state index contributed by atoms with van der Waals surface area (Å²) in [5.74, 6) is -0.566. The molecule has 6 nitrogen and oxygen atoms in total. The number of hydrogen-bond donors (Lipinski definition) is 1. The second kappa shape index (κ2) is 8.51. The number of rotatable bonds is 4. The number of fused-ring (bicyclic) bond motifs is 2. The molecule has 4 heterocycles. The Morgan fingerprint density at radius 1 is 1.06 bits per heavy atom. The van der Waals surface area contributed by atoms with Gasteiger partial charge in [0.1, 0.15) is 5.82 Å². The van der Waals surface area contributed by atoms with Gasteiger partial charge in [0.15, 0.2) is 0 Å².